The van der Waals surface area contributed by atoms with Crippen molar-refractivity contribution in [1.82, 2.24) is 0 Å². The Morgan fingerprint density at radius 1 is 1.08 bits per heavy atom. The highest BCUT2D eigenvalue weighted by Crippen LogP contribution is 2.49. The van der Waals surface area contributed by atoms with Gasteiger partial charge in [-0.3, -0.25) is 0 Å². The van der Waals surface area contributed by atoms with Crippen molar-refractivity contribution in [2.75, 3.05) is 0 Å². The molecule has 2 fully saturated rings. The van der Waals surface area contributed by atoms with Crippen LogP contribution in [0.3, 0.4) is 0 Å². The quantitative estimate of drug-likeness (QED) is 0.672. The third kappa shape index (κ3) is 1.28. The first-order chi connectivity index (χ1) is 5.83. The van der Waals surface area contributed by atoms with Gasteiger partial charge in [-0.25, -0.2) is 0 Å². The Bertz CT molecular complexity index is 155. The molecule has 1 unspecified atom stereocenters. The molecule has 0 amide bonds. The van der Waals surface area contributed by atoms with Gasteiger partial charge in [-0.15, -0.1) is 0 Å². The minimum Gasteiger partial charge on any atom is -0.393 e. The second-order valence-corrected chi connectivity index (χ2v) is 4.60. The molecule has 4 atom stereocenters. The van der Waals surface area contributed by atoms with E-state index in [9.17, 15) is 5.11 Å². The van der Waals surface area contributed by atoms with Crippen molar-refractivity contribution >= 4 is 0 Å². The average molecular weight is 168 g/mol. The highest BCUT2D eigenvalue weighted by Gasteiger charge is 2.43. The molecule has 12 heavy (non-hydrogen) atoms. The van der Waals surface area contributed by atoms with Crippen LogP contribution in [0, 0.1) is 17.8 Å². The molecule has 2 aliphatic rings. The first-order valence-corrected chi connectivity index (χ1v) is 5.51. The van der Waals surface area contributed by atoms with Gasteiger partial charge in [0.25, 0.3) is 0 Å². The van der Waals surface area contributed by atoms with Gasteiger partial charge < -0.3 is 5.11 Å². The minimum atomic E-state index is 0.0526. The molecule has 0 radical (unpaired) electrons. The number of aliphatic hydroxyl groups excluding tert-OH is 1. The van der Waals surface area contributed by atoms with Crippen LogP contribution in [0.15, 0.2) is 0 Å². The predicted molar refractivity (Wildman–Crippen MR) is 49.9 cm³/mol. The van der Waals surface area contributed by atoms with Gasteiger partial charge in [0.15, 0.2) is 0 Å². The Morgan fingerprint density at radius 2 is 1.83 bits per heavy atom. The zero-order chi connectivity index (χ0) is 8.55. The summed E-state index contributed by atoms with van der Waals surface area (Å²) < 4.78 is 0. The topological polar surface area (TPSA) is 20.2 Å². The summed E-state index contributed by atoms with van der Waals surface area (Å²) in [5.74, 6) is 2.53. The monoisotopic (exact) mass is 168 g/mol. The second kappa shape index (κ2) is 3.37. The summed E-state index contributed by atoms with van der Waals surface area (Å²) in [5, 5.41) is 9.69. The zero-order valence-corrected chi connectivity index (χ0v) is 8.00. The maximum absolute atomic E-state index is 9.69. The van der Waals surface area contributed by atoms with E-state index < -0.39 is 0 Å². The second-order valence-electron chi connectivity index (χ2n) is 4.60. The SMILES string of the molecule is CCCC1CC[C@H]2[C@@H](O)CC[C@@H]12. The van der Waals surface area contributed by atoms with E-state index in [-0.39, 0.29) is 6.10 Å². The largest absolute Gasteiger partial charge is 0.393 e. The van der Waals surface area contributed by atoms with Gasteiger partial charge in [0.2, 0.25) is 0 Å². The first-order valence-electron chi connectivity index (χ1n) is 5.51. The molecule has 1 heteroatoms. The van der Waals surface area contributed by atoms with Crippen LogP contribution in [0.1, 0.15) is 45.4 Å². The molecular formula is C11H20O. The fourth-order valence-electron chi connectivity index (χ4n) is 3.42. The third-order valence-corrected chi connectivity index (χ3v) is 3.98. The van der Waals surface area contributed by atoms with E-state index in [4.69, 9.17) is 0 Å². The number of rotatable bonds is 2. The Hall–Kier alpha value is -0.0400. The van der Waals surface area contributed by atoms with E-state index in [0.717, 1.165) is 18.3 Å². The van der Waals surface area contributed by atoms with Crippen molar-refractivity contribution in [2.24, 2.45) is 17.8 Å². The van der Waals surface area contributed by atoms with Gasteiger partial charge in [0.05, 0.1) is 6.10 Å². The lowest BCUT2D eigenvalue weighted by Crippen LogP contribution is -2.16. The number of hydrogen-bond acceptors (Lipinski definition) is 1. The van der Waals surface area contributed by atoms with Crippen LogP contribution < -0.4 is 0 Å². The molecule has 0 aliphatic heterocycles. The molecule has 0 bridgehead atoms. The summed E-state index contributed by atoms with van der Waals surface area (Å²) in [5.41, 5.74) is 0. The first kappa shape index (κ1) is 8.55. The fourth-order valence-corrected chi connectivity index (χ4v) is 3.42. The maximum Gasteiger partial charge on any atom is 0.0571 e. The van der Waals surface area contributed by atoms with E-state index in [1.165, 1.54) is 32.1 Å². The van der Waals surface area contributed by atoms with Gasteiger partial charge in [-0.2, -0.15) is 0 Å². The Balaban J connectivity index is 1.96. The summed E-state index contributed by atoms with van der Waals surface area (Å²) in [6, 6.07) is 0. The summed E-state index contributed by atoms with van der Waals surface area (Å²) in [4.78, 5) is 0. The van der Waals surface area contributed by atoms with E-state index in [1.54, 1.807) is 0 Å². The van der Waals surface area contributed by atoms with Crippen molar-refractivity contribution in [2.45, 2.75) is 51.6 Å². The van der Waals surface area contributed by atoms with Crippen LogP contribution in [0.2, 0.25) is 0 Å². The van der Waals surface area contributed by atoms with E-state index >= 15 is 0 Å². The summed E-state index contributed by atoms with van der Waals surface area (Å²) in [6.45, 7) is 2.28. The number of fused-ring (bicyclic) bond motifs is 1. The molecule has 1 N–H and O–H groups in total. The molecule has 2 aliphatic carbocycles. The molecule has 70 valence electrons. The van der Waals surface area contributed by atoms with Gasteiger partial charge in [0.1, 0.15) is 0 Å². The molecule has 1 nitrogen and oxygen atoms in total. The van der Waals surface area contributed by atoms with E-state index in [1.807, 2.05) is 0 Å². The highest BCUT2D eigenvalue weighted by atomic mass is 16.3. The highest BCUT2D eigenvalue weighted by molar-refractivity contribution is 4.93. The Morgan fingerprint density at radius 3 is 2.58 bits per heavy atom. The number of aliphatic hydroxyl groups is 1. The Kier molecular flexibility index (Phi) is 2.40. The molecule has 0 aromatic heterocycles. The van der Waals surface area contributed by atoms with Crippen molar-refractivity contribution in [3.63, 3.8) is 0 Å². The van der Waals surface area contributed by atoms with Crippen LogP contribution in [-0.4, -0.2) is 11.2 Å². The van der Waals surface area contributed by atoms with E-state index in [0.29, 0.717) is 5.92 Å². The standard InChI is InChI=1S/C11H20O/c1-2-3-8-4-5-10-9(8)6-7-11(10)12/h8-12H,2-7H2,1H3/t8?,9-,10+,11-/m0/s1. The summed E-state index contributed by atoms with van der Waals surface area (Å²) >= 11 is 0. The zero-order valence-electron chi connectivity index (χ0n) is 8.00. The van der Waals surface area contributed by atoms with Crippen LogP contribution in [-0.2, 0) is 0 Å². The van der Waals surface area contributed by atoms with Crippen LogP contribution in [0.5, 0.6) is 0 Å². The summed E-state index contributed by atoms with van der Waals surface area (Å²) in [6.07, 6.45) is 7.84. The predicted octanol–water partition coefficient (Wildman–Crippen LogP) is 2.58. The van der Waals surface area contributed by atoms with Gasteiger partial charge in [-0.1, -0.05) is 19.8 Å². The van der Waals surface area contributed by atoms with Crippen molar-refractivity contribution in [1.29, 1.82) is 0 Å². The van der Waals surface area contributed by atoms with Crippen molar-refractivity contribution < 1.29 is 5.11 Å². The summed E-state index contributed by atoms with van der Waals surface area (Å²) in [7, 11) is 0. The molecule has 0 aromatic carbocycles. The van der Waals surface area contributed by atoms with Crippen LogP contribution in [0.4, 0.5) is 0 Å². The Labute approximate surface area is 75.2 Å². The van der Waals surface area contributed by atoms with Gasteiger partial charge in [0, 0.05) is 0 Å². The molecule has 0 aromatic rings. The molecule has 0 saturated heterocycles. The molecule has 2 rings (SSSR count). The number of hydrogen-bond donors (Lipinski definition) is 1. The average Bonchev–Trinajstić information content (AvgIpc) is 2.58. The lowest BCUT2D eigenvalue weighted by Gasteiger charge is -2.17. The van der Waals surface area contributed by atoms with Gasteiger partial charge >= 0.3 is 0 Å². The molecule has 2 saturated carbocycles. The molecule has 0 spiro atoms. The van der Waals surface area contributed by atoms with E-state index in [2.05, 4.69) is 6.92 Å². The molecular weight excluding hydrogens is 148 g/mol. The van der Waals surface area contributed by atoms with Crippen molar-refractivity contribution in [3.8, 4) is 0 Å². The third-order valence-electron chi connectivity index (χ3n) is 3.98. The van der Waals surface area contributed by atoms with Crippen LogP contribution in [0.25, 0.3) is 0 Å². The van der Waals surface area contributed by atoms with Crippen molar-refractivity contribution in [3.05, 3.63) is 0 Å². The fraction of sp³-hybridized carbons (Fsp3) is 1.00. The molecule has 0 heterocycles. The lowest BCUT2D eigenvalue weighted by molar-refractivity contribution is 0.123. The minimum absolute atomic E-state index is 0.0526. The van der Waals surface area contributed by atoms with Crippen LogP contribution >= 0.6 is 0 Å². The van der Waals surface area contributed by atoms with Gasteiger partial charge in [-0.05, 0) is 43.4 Å². The lowest BCUT2D eigenvalue weighted by atomic mass is 9.89. The maximum atomic E-state index is 9.69. The normalized spacial score (nSPS) is 46.5. The smallest absolute Gasteiger partial charge is 0.0571 e.